The van der Waals surface area contributed by atoms with E-state index in [2.05, 4.69) is 5.32 Å². The Bertz CT molecular complexity index is 840. The second-order valence-corrected chi connectivity index (χ2v) is 7.59. The molecule has 28 heavy (non-hydrogen) atoms. The molecule has 2 amide bonds. The lowest BCUT2D eigenvalue weighted by Gasteiger charge is -2.30. The first-order chi connectivity index (χ1) is 13.5. The summed E-state index contributed by atoms with van der Waals surface area (Å²) in [7, 11) is 0. The minimum Gasteiger partial charge on any atom is -0.352 e. The lowest BCUT2D eigenvalue weighted by molar-refractivity contribution is -0.132. The Hall–Kier alpha value is -2.30. The van der Waals surface area contributed by atoms with Gasteiger partial charge in [-0.2, -0.15) is 0 Å². The summed E-state index contributed by atoms with van der Waals surface area (Å²) in [6.07, 6.45) is 4.45. The van der Waals surface area contributed by atoms with Crippen molar-refractivity contribution < 1.29 is 9.59 Å². The summed E-state index contributed by atoms with van der Waals surface area (Å²) in [5, 5.41) is 4.00. The molecule has 1 fully saturated rings. The van der Waals surface area contributed by atoms with Crippen molar-refractivity contribution in [2.75, 3.05) is 13.1 Å². The van der Waals surface area contributed by atoms with Gasteiger partial charge < -0.3 is 10.2 Å². The number of nitrogens with one attached hydrogen (secondary N) is 1. The summed E-state index contributed by atoms with van der Waals surface area (Å²) in [5.41, 5.74) is 1.71. The molecular weight excluding hydrogens is 395 g/mol. The quantitative estimate of drug-likeness (QED) is 0.726. The molecule has 1 aliphatic rings. The predicted molar refractivity (Wildman–Crippen MR) is 113 cm³/mol. The van der Waals surface area contributed by atoms with Crippen molar-refractivity contribution in [3.8, 4) is 0 Å². The molecule has 2 aromatic carbocycles. The molecule has 0 atom stereocenters. The fraction of sp³-hybridized carbons (Fsp3) is 0.273. The summed E-state index contributed by atoms with van der Waals surface area (Å²) in [6, 6.07) is 15.1. The number of likely N-dealkylation sites (tertiary alicyclic amines) is 1. The third-order valence-electron chi connectivity index (χ3n) is 4.88. The highest BCUT2D eigenvalue weighted by atomic mass is 35.5. The van der Waals surface area contributed by atoms with Gasteiger partial charge in [0.2, 0.25) is 11.8 Å². The number of benzene rings is 2. The van der Waals surface area contributed by atoms with Gasteiger partial charge >= 0.3 is 0 Å². The van der Waals surface area contributed by atoms with Crippen LogP contribution in [0, 0.1) is 5.92 Å². The number of piperidine rings is 1. The monoisotopic (exact) mass is 416 g/mol. The largest absolute Gasteiger partial charge is 0.352 e. The Morgan fingerprint density at radius 3 is 2.29 bits per heavy atom. The molecule has 0 saturated carbocycles. The number of carbonyl (C=O) groups excluding carboxylic acids is 2. The molecule has 0 spiro atoms. The van der Waals surface area contributed by atoms with Crippen molar-refractivity contribution in [3.05, 3.63) is 75.8 Å². The zero-order valence-electron chi connectivity index (χ0n) is 15.4. The van der Waals surface area contributed by atoms with Gasteiger partial charge in [-0.15, -0.1) is 0 Å². The van der Waals surface area contributed by atoms with E-state index < -0.39 is 0 Å². The van der Waals surface area contributed by atoms with Gasteiger partial charge in [-0.05, 0) is 36.6 Å². The summed E-state index contributed by atoms with van der Waals surface area (Å²) >= 11 is 12.2. The number of nitrogens with zero attached hydrogens (tertiary/aromatic N) is 1. The Balaban J connectivity index is 1.48. The van der Waals surface area contributed by atoms with Crippen LogP contribution in [0.15, 0.2) is 54.6 Å². The first kappa shape index (κ1) is 20.4. The molecule has 1 saturated heterocycles. The second-order valence-electron chi connectivity index (χ2n) is 6.77. The number of hydrogen-bond donors (Lipinski definition) is 1. The molecule has 2 aromatic rings. The predicted octanol–water partition coefficient (Wildman–Crippen LogP) is 4.56. The number of halogens is 2. The molecule has 4 nitrogen and oxygen atoms in total. The van der Waals surface area contributed by atoms with Crippen molar-refractivity contribution in [1.29, 1.82) is 0 Å². The first-order valence-corrected chi connectivity index (χ1v) is 10.0. The van der Waals surface area contributed by atoms with E-state index in [9.17, 15) is 9.59 Å². The highest BCUT2D eigenvalue weighted by molar-refractivity contribution is 6.37. The van der Waals surface area contributed by atoms with Gasteiger partial charge in [0.25, 0.3) is 0 Å². The average Bonchev–Trinajstić information content (AvgIpc) is 2.72. The molecule has 1 aliphatic heterocycles. The van der Waals surface area contributed by atoms with E-state index in [1.54, 1.807) is 29.2 Å². The third-order valence-corrected chi connectivity index (χ3v) is 5.54. The smallest absolute Gasteiger partial charge is 0.246 e. The molecule has 0 aromatic heterocycles. The van der Waals surface area contributed by atoms with E-state index in [1.165, 1.54) is 6.08 Å². The molecule has 146 valence electrons. The van der Waals surface area contributed by atoms with Gasteiger partial charge in [0.15, 0.2) is 0 Å². The van der Waals surface area contributed by atoms with Crippen LogP contribution in [0.25, 0.3) is 6.08 Å². The van der Waals surface area contributed by atoms with E-state index >= 15 is 0 Å². The molecular formula is C22H22Cl2N2O2. The van der Waals surface area contributed by atoms with E-state index in [0.717, 1.165) is 5.56 Å². The lowest BCUT2D eigenvalue weighted by atomic mass is 9.95. The third kappa shape index (κ3) is 5.37. The second kappa shape index (κ2) is 9.76. The van der Waals surface area contributed by atoms with E-state index in [0.29, 0.717) is 48.1 Å². The molecule has 0 unspecified atom stereocenters. The van der Waals surface area contributed by atoms with Crippen LogP contribution >= 0.6 is 23.2 Å². The summed E-state index contributed by atoms with van der Waals surface area (Å²) in [6.45, 7) is 1.64. The fourth-order valence-electron chi connectivity index (χ4n) is 3.22. The highest BCUT2D eigenvalue weighted by Crippen LogP contribution is 2.26. The average molecular weight is 417 g/mol. The number of rotatable bonds is 5. The molecule has 1 heterocycles. The molecule has 3 rings (SSSR count). The maximum atomic E-state index is 12.4. The Labute approximate surface area is 175 Å². The maximum absolute atomic E-state index is 12.4. The highest BCUT2D eigenvalue weighted by Gasteiger charge is 2.26. The van der Waals surface area contributed by atoms with Crippen molar-refractivity contribution in [1.82, 2.24) is 10.2 Å². The van der Waals surface area contributed by atoms with Crippen LogP contribution in [0.1, 0.15) is 24.0 Å². The van der Waals surface area contributed by atoms with Crippen LogP contribution in [0.4, 0.5) is 0 Å². The molecule has 0 radical (unpaired) electrons. The number of carbonyl (C=O) groups is 2. The van der Waals surface area contributed by atoms with E-state index in [1.807, 2.05) is 30.3 Å². The Morgan fingerprint density at radius 2 is 1.64 bits per heavy atom. The molecule has 0 aliphatic carbocycles. The summed E-state index contributed by atoms with van der Waals surface area (Å²) in [5.74, 6) is -0.108. The molecule has 6 heteroatoms. The fourth-order valence-corrected chi connectivity index (χ4v) is 3.74. The van der Waals surface area contributed by atoms with Gasteiger partial charge in [0.1, 0.15) is 0 Å². The normalized spacial score (nSPS) is 15.0. The van der Waals surface area contributed by atoms with Crippen molar-refractivity contribution in [2.24, 2.45) is 5.92 Å². The minimum absolute atomic E-state index is 0.0503. The van der Waals surface area contributed by atoms with Gasteiger partial charge in [0.05, 0.1) is 0 Å². The van der Waals surface area contributed by atoms with Crippen LogP contribution in [0.2, 0.25) is 10.0 Å². The lowest BCUT2D eigenvalue weighted by Crippen LogP contribution is -2.42. The molecule has 1 N–H and O–H groups in total. The summed E-state index contributed by atoms with van der Waals surface area (Å²) in [4.78, 5) is 26.6. The topological polar surface area (TPSA) is 49.4 Å². The Morgan fingerprint density at radius 1 is 1.00 bits per heavy atom. The van der Waals surface area contributed by atoms with Crippen LogP contribution in [-0.4, -0.2) is 29.8 Å². The minimum atomic E-state index is -0.0980. The van der Waals surface area contributed by atoms with Gasteiger partial charge in [-0.1, -0.05) is 59.6 Å². The van der Waals surface area contributed by atoms with Gasteiger partial charge in [-0.25, -0.2) is 0 Å². The zero-order chi connectivity index (χ0) is 19.9. The number of hydrogen-bond acceptors (Lipinski definition) is 2. The summed E-state index contributed by atoms with van der Waals surface area (Å²) < 4.78 is 0. The SMILES string of the molecule is O=C(NCc1ccccc1)C1CCN(C(=O)/C=C/c2c(Cl)cccc2Cl)CC1. The van der Waals surface area contributed by atoms with Crippen LogP contribution < -0.4 is 5.32 Å². The maximum Gasteiger partial charge on any atom is 0.246 e. The van der Waals surface area contributed by atoms with Crippen molar-refractivity contribution in [3.63, 3.8) is 0 Å². The van der Waals surface area contributed by atoms with Crippen LogP contribution in [0.5, 0.6) is 0 Å². The van der Waals surface area contributed by atoms with E-state index in [4.69, 9.17) is 23.2 Å². The van der Waals surface area contributed by atoms with Crippen molar-refractivity contribution in [2.45, 2.75) is 19.4 Å². The Kier molecular flexibility index (Phi) is 7.12. The van der Waals surface area contributed by atoms with Crippen LogP contribution in [-0.2, 0) is 16.1 Å². The van der Waals surface area contributed by atoms with Crippen molar-refractivity contribution >= 4 is 41.1 Å². The van der Waals surface area contributed by atoms with Gasteiger partial charge in [0, 0.05) is 47.2 Å². The first-order valence-electron chi connectivity index (χ1n) is 9.27. The van der Waals surface area contributed by atoms with Crippen LogP contribution in [0.3, 0.4) is 0 Å². The number of amides is 2. The molecule has 0 bridgehead atoms. The zero-order valence-corrected chi connectivity index (χ0v) is 16.9. The van der Waals surface area contributed by atoms with Gasteiger partial charge in [-0.3, -0.25) is 9.59 Å². The van der Waals surface area contributed by atoms with E-state index in [-0.39, 0.29) is 17.7 Å². The standard InChI is InChI=1S/C22H22Cl2N2O2/c23-19-7-4-8-20(24)18(19)9-10-21(27)26-13-11-17(12-14-26)22(28)25-15-16-5-2-1-3-6-16/h1-10,17H,11-15H2,(H,25,28)/b10-9+.